The average Bonchev–Trinajstić information content (AvgIpc) is 2.81. The highest BCUT2D eigenvalue weighted by atomic mass is 35.5. The first-order valence-corrected chi connectivity index (χ1v) is 9.40. The van der Waals surface area contributed by atoms with E-state index >= 15 is 0 Å². The second kappa shape index (κ2) is 7.63. The molecule has 2 atom stereocenters. The third kappa shape index (κ3) is 3.41. The van der Waals surface area contributed by atoms with Gasteiger partial charge in [0.2, 0.25) is 0 Å². The van der Waals surface area contributed by atoms with E-state index in [1.165, 1.54) is 5.56 Å². The maximum atomic E-state index is 11.3. The van der Waals surface area contributed by atoms with Crippen molar-refractivity contribution in [2.75, 3.05) is 6.54 Å². The molecule has 26 heavy (non-hydrogen) atoms. The predicted octanol–water partition coefficient (Wildman–Crippen LogP) is 4.85. The van der Waals surface area contributed by atoms with Crippen molar-refractivity contribution in [2.45, 2.75) is 25.1 Å². The van der Waals surface area contributed by atoms with Crippen LogP contribution in [0.5, 0.6) is 0 Å². The second-order valence-electron chi connectivity index (χ2n) is 6.82. The SMILES string of the molecule is OC1C(c2ccccc2)c2cccc(Cl)c2CCN1Cc1ccccc1. The van der Waals surface area contributed by atoms with Crippen LogP contribution in [0.1, 0.15) is 28.2 Å². The summed E-state index contributed by atoms with van der Waals surface area (Å²) >= 11 is 6.52. The van der Waals surface area contributed by atoms with Crippen molar-refractivity contribution >= 4 is 11.6 Å². The quantitative estimate of drug-likeness (QED) is 0.719. The number of benzene rings is 3. The van der Waals surface area contributed by atoms with Gasteiger partial charge in [-0.3, -0.25) is 4.90 Å². The number of nitrogens with zero attached hydrogens (tertiary/aromatic N) is 1. The fourth-order valence-electron chi connectivity index (χ4n) is 3.89. The third-order valence-electron chi connectivity index (χ3n) is 5.20. The van der Waals surface area contributed by atoms with E-state index < -0.39 is 6.23 Å². The lowest BCUT2D eigenvalue weighted by Gasteiger charge is -2.32. The number of rotatable bonds is 3. The Bertz CT molecular complexity index is 866. The number of hydrogen-bond donors (Lipinski definition) is 1. The molecular formula is C23H22ClNO. The molecule has 2 unspecified atom stereocenters. The number of aliphatic hydroxyl groups is 1. The molecule has 1 N–H and O–H groups in total. The largest absolute Gasteiger partial charge is 0.377 e. The molecule has 0 fully saturated rings. The van der Waals surface area contributed by atoms with Crippen molar-refractivity contribution in [3.8, 4) is 0 Å². The molecule has 132 valence electrons. The summed E-state index contributed by atoms with van der Waals surface area (Å²) in [7, 11) is 0. The van der Waals surface area contributed by atoms with Crippen molar-refractivity contribution in [1.82, 2.24) is 4.90 Å². The molecule has 3 aromatic carbocycles. The highest BCUT2D eigenvalue weighted by Crippen LogP contribution is 2.37. The van der Waals surface area contributed by atoms with Crippen LogP contribution in [0.4, 0.5) is 0 Å². The van der Waals surface area contributed by atoms with E-state index in [9.17, 15) is 5.11 Å². The van der Waals surface area contributed by atoms with Gasteiger partial charge in [0.15, 0.2) is 0 Å². The van der Waals surface area contributed by atoms with Crippen LogP contribution in [0, 0.1) is 0 Å². The minimum atomic E-state index is -0.600. The van der Waals surface area contributed by atoms with Crippen LogP contribution >= 0.6 is 11.6 Å². The monoisotopic (exact) mass is 363 g/mol. The summed E-state index contributed by atoms with van der Waals surface area (Å²) < 4.78 is 0. The number of fused-ring (bicyclic) bond motifs is 1. The molecule has 0 radical (unpaired) electrons. The summed E-state index contributed by atoms with van der Waals surface area (Å²) in [6.07, 6.45) is 0.236. The molecule has 1 aliphatic heterocycles. The predicted molar refractivity (Wildman–Crippen MR) is 106 cm³/mol. The molecule has 4 rings (SSSR count). The highest BCUT2D eigenvalue weighted by molar-refractivity contribution is 6.31. The van der Waals surface area contributed by atoms with Gasteiger partial charge in [0, 0.05) is 24.0 Å². The van der Waals surface area contributed by atoms with Gasteiger partial charge < -0.3 is 5.11 Å². The molecule has 0 saturated heterocycles. The van der Waals surface area contributed by atoms with Crippen molar-refractivity contribution in [2.24, 2.45) is 0 Å². The number of hydrogen-bond acceptors (Lipinski definition) is 2. The first-order valence-electron chi connectivity index (χ1n) is 9.02. The van der Waals surface area contributed by atoms with E-state index in [-0.39, 0.29) is 5.92 Å². The zero-order valence-electron chi connectivity index (χ0n) is 14.6. The lowest BCUT2D eigenvalue weighted by atomic mass is 9.87. The van der Waals surface area contributed by atoms with Gasteiger partial charge in [-0.25, -0.2) is 0 Å². The first-order chi connectivity index (χ1) is 12.7. The maximum Gasteiger partial charge on any atom is 0.118 e. The Kier molecular flexibility index (Phi) is 5.07. The van der Waals surface area contributed by atoms with Gasteiger partial charge in [-0.1, -0.05) is 84.4 Å². The van der Waals surface area contributed by atoms with E-state index in [4.69, 9.17) is 11.6 Å². The molecule has 1 heterocycles. The van der Waals surface area contributed by atoms with Gasteiger partial charge in [-0.2, -0.15) is 0 Å². The van der Waals surface area contributed by atoms with E-state index in [2.05, 4.69) is 35.2 Å². The summed E-state index contributed by atoms with van der Waals surface area (Å²) in [5, 5.41) is 12.1. The summed E-state index contributed by atoms with van der Waals surface area (Å²) in [5.74, 6) is -0.115. The van der Waals surface area contributed by atoms with Crippen LogP contribution in [0.3, 0.4) is 0 Å². The Morgan fingerprint density at radius 3 is 2.31 bits per heavy atom. The lowest BCUT2D eigenvalue weighted by Crippen LogP contribution is -2.39. The topological polar surface area (TPSA) is 23.5 Å². The Labute approximate surface area is 159 Å². The molecule has 0 aliphatic carbocycles. The Balaban J connectivity index is 1.76. The smallest absolute Gasteiger partial charge is 0.118 e. The Morgan fingerprint density at radius 1 is 0.885 bits per heavy atom. The summed E-state index contributed by atoms with van der Waals surface area (Å²) in [6, 6.07) is 26.6. The molecular weight excluding hydrogens is 342 g/mol. The third-order valence-corrected chi connectivity index (χ3v) is 5.55. The van der Waals surface area contributed by atoms with Crippen molar-refractivity contribution < 1.29 is 5.11 Å². The molecule has 0 saturated carbocycles. The van der Waals surface area contributed by atoms with Crippen LogP contribution in [0.15, 0.2) is 78.9 Å². The van der Waals surface area contributed by atoms with E-state index in [0.717, 1.165) is 41.2 Å². The van der Waals surface area contributed by atoms with Crippen molar-refractivity contribution in [1.29, 1.82) is 0 Å². The second-order valence-corrected chi connectivity index (χ2v) is 7.22. The molecule has 0 aromatic heterocycles. The minimum absolute atomic E-state index is 0.115. The minimum Gasteiger partial charge on any atom is -0.377 e. The van der Waals surface area contributed by atoms with Crippen molar-refractivity contribution in [3.05, 3.63) is 106 Å². The van der Waals surface area contributed by atoms with E-state index in [0.29, 0.717) is 0 Å². The molecule has 0 spiro atoms. The van der Waals surface area contributed by atoms with E-state index in [1.807, 2.05) is 48.5 Å². The summed E-state index contributed by atoms with van der Waals surface area (Å²) in [6.45, 7) is 1.49. The van der Waals surface area contributed by atoms with Gasteiger partial charge in [0.1, 0.15) is 6.23 Å². The Morgan fingerprint density at radius 2 is 1.58 bits per heavy atom. The lowest BCUT2D eigenvalue weighted by molar-refractivity contribution is -0.00966. The fraction of sp³-hybridized carbons (Fsp3) is 0.217. The van der Waals surface area contributed by atoms with Crippen LogP contribution < -0.4 is 0 Å². The standard InChI is InChI=1S/C23H22ClNO/c24-21-13-7-12-20-19(21)14-15-25(16-17-8-3-1-4-9-17)23(26)22(20)18-10-5-2-6-11-18/h1-13,22-23,26H,14-16H2. The van der Waals surface area contributed by atoms with E-state index in [1.54, 1.807) is 0 Å². The zero-order valence-corrected chi connectivity index (χ0v) is 15.3. The van der Waals surface area contributed by atoms with Crippen LogP contribution in [0.25, 0.3) is 0 Å². The fourth-order valence-corrected chi connectivity index (χ4v) is 4.17. The van der Waals surface area contributed by atoms with Gasteiger partial charge >= 0.3 is 0 Å². The van der Waals surface area contributed by atoms with Crippen LogP contribution in [-0.2, 0) is 13.0 Å². The summed E-state index contributed by atoms with van der Waals surface area (Å²) in [4.78, 5) is 2.16. The van der Waals surface area contributed by atoms with Crippen LogP contribution in [-0.4, -0.2) is 22.8 Å². The van der Waals surface area contributed by atoms with Gasteiger partial charge in [-0.05, 0) is 34.7 Å². The normalized spacial score (nSPS) is 20.4. The zero-order chi connectivity index (χ0) is 17.9. The van der Waals surface area contributed by atoms with Crippen LogP contribution in [0.2, 0.25) is 5.02 Å². The molecule has 3 heteroatoms. The maximum absolute atomic E-state index is 11.3. The molecule has 1 aliphatic rings. The first kappa shape index (κ1) is 17.3. The van der Waals surface area contributed by atoms with Gasteiger partial charge in [0.05, 0.1) is 0 Å². The molecule has 0 bridgehead atoms. The Hall–Kier alpha value is -2.13. The molecule has 3 aromatic rings. The van der Waals surface area contributed by atoms with Gasteiger partial charge in [0.25, 0.3) is 0 Å². The summed E-state index contributed by atoms with van der Waals surface area (Å²) in [5.41, 5.74) is 4.60. The highest BCUT2D eigenvalue weighted by Gasteiger charge is 2.33. The number of aliphatic hydroxyl groups excluding tert-OH is 1. The molecule has 0 amide bonds. The number of halogens is 1. The molecule has 2 nitrogen and oxygen atoms in total. The van der Waals surface area contributed by atoms with Gasteiger partial charge in [-0.15, -0.1) is 0 Å². The van der Waals surface area contributed by atoms with Crippen molar-refractivity contribution in [3.63, 3.8) is 0 Å². The average molecular weight is 364 g/mol.